The molecule has 0 bridgehead atoms. The average molecular weight is 236 g/mol. The minimum absolute atomic E-state index is 0.470. The lowest BCUT2D eigenvalue weighted by Gasteiger charge is -2.27. The largest absolute Gasteiger partial charge is 0.300 e. The Labute approximate surface area is 94.3 Å². The highest BCUT2D eigenvalue weighted by atomic mass is 32.2. The smallest absolute Gasteiger partial charge is 0.210 e. The van der Waals surface area contributed by atoms with Crippen LogP contribution in [0.25, 0.3) is 0 Å². The van der Waals surface area contributed by atoms with Crippen LogP contribution < -0.4 is 0 Å². The summed E-state index contributed by atoms with van der Waals surface area (Å²) in [6.07, 6.45) is 2.34. The molecule has 15 heavy (non-hydrogen) atoms. The van der Waals surface area contributed by atoms with Gasteiger partial charge in [0.25, 0.3) is 0 Å². The van der Waals surface area contributed by atoms with Gasteiger partial charge in [-0.25, -0.2) is 12.7 Å². The number of likely N-dealkylation sites (N-methyl/N-ethyl adjacent to an activating group) is 1. The molecular formula is C10H24N2O2S. The van der Waals surface area contributed by atoms with Crippen LogP contribution in [0.4, 0.5) is 0 Å². The highest BCUT2D eigenvalue weighted by Crippen LogP contribution is 2.01. The van der Waals surface area contributed by atoms with Gasteiger partial charge >= 0.3 is 0 Å². The fourth-order valence-corrected chi connectivity index (χ4v) is 1.76. The zero-order valence-electron chi connectivity index (χ0n) is 10.5. The predicted molar refractivity (Wildman–Crippen MR) is 64.5 cm³/mol. The third-order valence-electron chi connectivity index (χ3n) is 2.51. The third kappa shape index (κ3) is 6.12. The minimum Gasteiger partial charge on any atom is -0.300 e. The summed E-state index contributed by atoms with van der Waals surface area (Å²) in [7, 11) is -1.41. The van der Waals surface area contributed by atoms with Gasteiger partial charge in [0.1, 0.15) is 0 Å². The molecule has 0 rings (SSSR count). The monoisotopic (exact) mass is 236 g/mol. The van der Waals surface area contributed by atoms with E-state index in [0.29, 0.717) is 12.6 Å². The van der Waals surface area contributed by atoms with Crippen molar-refractivity contribution in [2.24, 2.45) is 0 Å². The Balaban J connectivity index is 4.11. The minimum atomic E-state index is -3.03. The van der Waals surface area contributed by atoms with E-state index < -0.39 is 10.0 Å². The molecule has 0 fully saturated rings. The number of hydrogen-bond acceptors (Lipinski definition) is 3. The second-order valence-electron chi connectivity index (χ2n) is 4.21. The molecule has 0 aliphatic rings. The Hall–Kier alpha value is -0.130. The lowest BCUT2D eigenvalue weighted by molar-refractivity contribution is 0.211. The fraction of sp³-hybridized carbons (Fsp3) is 1.00. The molecule has 0 aliphatic heterocycles. The van der Waals surface area contributed by atoms with Crippen LogP contribution in [0.15, 0.2) is 0 Å². The molecule has 0 N–H and O–H groups in total. The van der Waals surface area contributed by atoms with Crippen molar-refractivity contribution in [2.75, 3.05) is 32.9 Å². The van der Waals surface area contributed by atoms with E-state index in [1.54, 1.807) is 7.05 Å². The zero-order chi connectivity index (χ0) is 12.1. The van der Waals surface area contributed by atoms with Gasteiger partial charge in [0.05, 0.1) is 6.26 Å². The van der Waals surface area contributed by atoms with Crippen LogP contribution in [0, 0.1) is 0 Å². The highest BCUT2D eigenvalue weighted by molar-refractivity contribution is 7.88. The van der Waals surface area contributed by atoms with E-state index in [9.17, 15) is 8.42 Å². The van der Waals surface area contributed by atoms with E-state index in [1.807, 2.05) is 0 Å². The topological polar surface area (TPSA) is 40.6 Å². The number of sulfonamides is 1. The van der Waals surface area contributed by atoms with Gasteiger partial charge < -0.3 is 0 Å². The number of hydrogen-bond donors (Lipinski definition) is 0. The molecule has 0 heterocycles. The maximum atomic E-state index is 11.2. The molecule has 0 radical (unpaired) electrons. The van der Waals surface area contributed by atoms with Gasteiger partial charge in [-0.15, -0.1) is 0 Å². The summed E-state index contributed by atoms with van der Waals surface area (Å²) in [6, 6.07) is 0.470. The van der Waals surface area contributed by atoms with Gasteiger partial charge in [-0.2, -0.15) is 0 Å². The molecule has 4 nitrogen and oxygen atoms in total. The SMILES string of the molecule is CCCN(CCN(C)S(C)(=O)=O)C(C)C. The van der Waals surface area contributed by atoms with Crippen LogP contribution >= 0.6 is 0 Å². The third-order valence-corrected chi connectivity index (χ3v) is 3.82. The first-order valence-electron chi connectivity index (χ1n) is 5.44. The van der Waals surface area contributed by atoms with Gasteiger partial charge in [-0.1, -0.05) is 6.92 Å². The van der Waals surface area contributed by atoms with Crippen molar-refractivity contribution in [1.82, 2.24) is 9.21 Å². The van der Waals surface area contributed by atoms with Gasteiger partial charge in [-0.05, 0) is 26.8 Å². The molecule has 0 unspecified atom stereocenters. The first-order chi connectivity index (χ1) is 6.79. The van der Waals surface area contributed by atoms with Crippen molar-refractivity contribution in [3.8, 4) is 0 Å². The van der Waals surface area contributed by atoms with Gasteiger partial charge in [0.15, 0.2) is 0 Å². The molecule has 0 aliphatic carbocycles. The molecule has 0 saturated heterocycles. The summed E-state index contributed by atoms with van der Waals surface area (Å²) >= 11 is 0. The molecular weight excluding hydrogens is 212 g/mol. The van der Waals surface area contributed by atoms with Gasteiger partial charge in [0, 0.05) is 26.2 Å². The van der Waals surface area contributed by atoms with E-state index in [0.717, 1.165) is 19.5 Å². The Morgan fingerprint density at radius 2 is 1.67 bits per heavy atom. The second-order valence-corrected chi connectivity index (χ2v) is 6.30. The summed E-state index contributed by atoms with van der Waals surface area (Å²) in [4.78, 5) is 2.29. The van der Waals surface area contributed by atoms with E-state index in [-0.39, 0.29) is 0 Å². The van der Waals surface area contributed by atoms with Crippen LogP contribution in [-0.4, -0.2) is 56.6 Å². The molecule has 5 heteroatoms. The summed E-state index contributed by atoms with van der Waals surface area (Å²) in [5, 5.41) is 0. The summed E-state index contributed by atoms with van der Waals surface area (Å²) in [6.45, 7) is 8.79. The molecule has 0 aromatic rings. The lowest BCUT2D eigenvalue weighted by Crippen LogP contribution is -2.39. The summed E-state index contributed by atoms with van der Waals surface area (Å²) in [5.41, 5.74) is 0. The molecule has 0 amide bonds. The van der Waals surface area contributed by atoms with Crippen molar-refractivity contribution < 1.29 is 8.42 Å². The number of rotatable bonds is 7. The predicted octanol–water partition coefficient (Wildman–Crippen LogP) is 0.998. The molecule has 0 saturated carbocycles. The quantitative estimate of drug-likeness (QED) is 0.662. The van der Waals surface area contributed by atoms with E-state index >= 15 is 0 Å². The van der Waals surface area contributed by atoms with Crippen molar-refractivity contribution >= 4 is 10.0 Å². The molecule has 92 valence electrons. The van der Waals surface area contributed by atoms with Crippen LogP contribution in [0.5, 0.6) is 0 Å². The molecule has 0 atom stereocenters. The van der Waals surface area contributed by atoms with Crippen molar-refractivity contribution in [3.05, 3.63) is 0 Å². The van der Waals surface area contributed by atoms with Crippen LogP contribution in [0.2, 0.25) is 0 Å². The van der Waals surface area contributed by atoms with Crippen molar-refractivity contribution in [2.45, 2.75) is 33.2 Å². The number of nitrogens with zero attached hydrogens (tertiary/aromatic N) is 2. The summed E-state index contributed by atoms with van der Waals surface area (Å²) in [5.74, 6) is 0. The molecule has 0 aromatic carbocycles. The Morgan fingerprint density at radius 3 is 2.00 bits per heavy atom. The zero-order valence-corrected chi connectivity index (χ0v) is 11.3. The second kappa shape index (κ2) is 6.45. The van der Waals surface area contributed by atoms with E-state index in [2.05, 4.69) is 25.7 Å². The van der Waals surface area contributed by atoms with Crippen molar-refractivity contribution in [1.29, 1.82) is 0 Å². The van der Waals surface area contributed by atoms with Gasteiger partial charge in [-0.3, -0.25) is 4.90 Å². The Morgan fingerprint density at radius 1 is 1.13 bits per heavy atom. The maximum Gasteiger partial charge on any atom is 0.210 e. The van der Waals surface area contributed by atoms with E-state index in [1.165, 1.54) is 10.6 Å². The normalized spacial score (nSPS) is 13.1. The Bertz CT molecular complexity index is 263. The standard InChI is InChI=1S/C10H24N2O2S/c1-6-7-12(10(2)3)9-8-11(4)15(5,13)14/h10H,6-9H2,1-5H3. The lowest BCUT2D eigenvalue weighted by atomic mass is 10.3. The summed E-state index contributed by atoms with van der Waals surface area (Å²) < 4.78 is 23.8. The van der Waals surface area contributed by atoms with Gasteiger partial charge in [0.2, 0.25) is 10.0 Å². The molecule has 0 aromatic heterocycles. The highest BCUT2D eigenvalue weighted by Gasteiger charge is 2.14. The van der Waals surface area contributed by atoms with E-state index in [4.69, 9.17) is 0 Å². The van der Waals surface area contributed by atoms with Crippen LogP contribution in [0.3, 0.4) is 0 Å². The van der Waals surface area contributed by atoms with Crippen LogP contribution in [-0.2, 0) is 10.0 Å². The van der Waals surface area contributed by atoms with Crippen LogP contribution in [0.1, 0.15) is 27.2 Å². The average Bonchev–Trinajstić information content (AvgIpc) is 2.09. The first-order valence-corrected chi connectivity index (χ1v) is 7.29. The first kappa shape index (κ1) is 14.9. The maximum absolute atomic E-state index is 11.2. The fourth-order valence-electron chi connectivity index (χ4n) is 1.35. The van der Waals surface area contributed by atoms with Crippen molar-refractivity contribution in [3.63, 3.8) is 0 Å². The molecule has 0 spiro atoms. The Kier molecular flexibility index (Phi) is 6.40.